The second-order valence-corrected chi connectivity index (χ2v) is 8.23. The molecule has 0 bridgehead atoms. The van der Waals surface area contributed by atoms with Gasteiger partial charge < -0.3 is 19.9 Å². The van der Waals surface area contributed by atoms with Crippen molar-refractivity contribution in [1.82, 2.24) is 5.32 Å². The second kappa shape index (κ2) is 10.8. The molecule has 0 aliphatic carbocycles. The number of hydrogen-bond acceptors (Lipinski definition) is 5. The summed E-state index contributed by atoms with van der Waals surface area (Å²) < 4.78 is 10.8. The van der Waals surface area contributed by atoms with E-state index in [2.05, 4.69) is 5.32 Å². The molecule has 2 rings (SSSR count). The van der Waals surface area contributed by atoms with Gasteiger partial charge in [0.25, 0.3) is 5.91 Å². The summed E-state index contributed by atoms with van der Waals surface area (Å²) in [5.74, 6) is -0.510. The Kier molecular flexibility index (Phi) is 8.41. The van der Waals surface area contributed by atoms with Crippen molar-refractivity contribution in [1.29, 1.82) is 0 Å². The monoisotopic (exact) mass is 441 g/mol. The third-order valence-corrected chi connectivity index (χ3v) is 4.97. The summed E-state index contributed by atoms with van der Waals surface area (Å²) in [6.45, 7) is 6.79. The fourth-order valence-corrected chi connectivity index (χ4v) is 3.17. The van der Waals surface area contributed by atoms with E-state index in [0.29, 0.717) is 35.5 Å². The lowest BCUT2D eigenvalue weighted by Crippen LogP contribution is -2.37. The Morgan fingerprint density at radius 1 is 1.09 bits per heavy atom. The van der Waals surface area contributed by atoms with E-state index in [1.54, 1.807) is 30.3 Å². The smallest absolute Gasteiger partial charge is 0.347 e. The lowest BCUT2D eigenvalue weighted by Gasteiger charge is -2.21. The lowest BCUT2D eigenvalue weighted by atomic mass is 10.0. The van der Waals surface area contributed by atoms with E-state index in [1.807, 2.05) is 26.0 Å². The number of benzene rings is 2. The van der Waals surface area contributed by atoms with Gasteiger partial charge in [-0.2, -0.15) is 0 Å². The van der Waals surface area contributed by atoms with Crippen LogP contribution < -0.4 is 14.8 Å². The van der Waals surface area contributed by atoms with Crippen LogP contribution in [-0.4, -0.2) is 41.5 Å². The Hall–Kier alpha value is -3.35. The Labute approximate surface area is 188 Å². The fourth-order valence-electron chi connectivity index (χ4n) is 3.17. The molecular formula is C25H31NO6. The normalized spacial score (nSPS) is 12.0. The van der Waals surface area contributed by atoms with Crippen LogP contribution in [0.25, 0.3) is 0 Å². The van der Waals surface area contributed by atoms with Crippen molar-refractivity contribution in [3.8, 4) is 11.5 Å². The van der Waals surface area contributed by atoms with Crippen LogP contribution in [0.5, 0.6) is 11.5 Å². The first kappa shape index (κ1) is 24.9. The number of methoxy groups -OCH3 is 1. The van der Waals surface area contributed by atoms with Crippen molar-refractivity contribution in [2.45, 2.75) is 58.6 Å². The Morgan fingerprint density at radius 2 is 1.75 bits per heavy atom. The number of amides is 1. The Morgan fingerprint density at radius 3 is 2.31 bits per heavy atom. The molecule has 2 aromatic rings. The first-order chi connectivity index (χ1) is 15.1. The van der Waals surface area contributed by atoms with Crippen LogP contribution >= 0.6 is 0 Å². The summed E-state index contributed by atoms with van der Waals surface area (Å²) in [7, 11) is 1.48. The van der Waals surface area contributed by atoms with Gasteiger partial charge >= 0.3 is 5.97 Å². The number of rotatable bonds is 11. The van der Waals surface area contributed by atoms with Gasteiger partial charge in [0.05, 0.1) is 12.7 Å². The molecule has 1 unspecified atom stereocenters. The molecule has 1 amide bonds. The van der Waals surface area contributed by atoms with Crippen molar-refractivity contribution in [3.63, 3.8) is 0 Å². The molecule has 2 N–H and O–H groups in total. The highest BCUT2D eigenvalue weighted by Gasteiger charge is 2.29. The maximum atomic E-state index is 12.9. The Bertz CT molecular complexity index is 965. The number of carbonyl (C=O) groups is 3. The zero-order valence-electron chi connectivity index (χ0n) is 19.2. The number of hydrogen-bond donors (Lipinski definition) is 2. The lowest BCUT2D eigenvalue weighted by molar-refractivity contribution is -0.152. The van der Waals surface area contributed by atoms with Gasteiger partial charge in [0.1, 0.15) is 11.5 Å². The SMILES string of the molecule is CCCC(=O)c1ccc(OC)c(C(=O)NC(C)Cc2ccc(OC(C)(C)C(=O)O)cc2)c1. The van der Waals surface area contributed by atoms with Crippen molar-refractivity contribution >= 4 is 17.7 Å². The number of ether oxygens (including phenoxy) is 2. The molecule has 0 heterocycles. The quantitative estimate of drug-likeness (QED) is 0.505. The van der Waals surface area contributed by atoms with E-state index < -0.39 is 11.6 Å². The summed E-state index contributed by atoms with van der Waals surface area (Å²) in [6.07, 6.45) is 1.72. The van der Waals surface area contributed by atoms with E-state index in [-0.39, 0.29) is 17.7 Å². The number of nitrogens with one attached hydrogen (secondary N) is 1. The molecule has 0 radical (unpaired) electrons. The van der Waals surface area contributed by atoms with Crippen LogP contribution in [0.15, 0.2) is 42.5 Å². The molecule has 2 aromatic carbocycles. The van der Waals surface area contributed by atoms with Gasteiger partial charge in [-0.05, 0) is 69.5 Å². The van der Waals surface area contributed by atoms with E-state index >= 15 is 0 Å². The molecule has 0 saturated heterocycles. The number of carboxylic acid groups (broad SMARTS) is 1. The largest absolute Gasteiger partial charge is 0.496 e. The van der Waals surface area contributed by atoms with E-state index in [0.717, 1.165) is 12.0 Å². The minimum atomic E-state index is -1.32. The van der Waals surface area contributed by atoms with Crippen molar-refractivity contribution in [2.24, 2.45) is 0 Å². The predicted molar refractivity (Wildman–Crippen MR) is 122 cm³/mol. The summed E-state index contributed by atoms with van der Waals surface area (Å²) in [5.41, 5.74) is 0.443. The average molecular weight is 442 g/mol. The third kappa shape index (κ3) is 6.57. The average Bonchev–Trinajstić information content (AvgIpc) is 2.74. The maximum absolute atomic E-state index is 12.9. The zero-order valence-corrected chi connectivity index (χ0v) is 19.2. The van der Waals surface area contributed by atoms with Crippen LogP contribution in [0.2, 0.25) is 0 Å². The van der Waals surface area contributed by atoms with Crippen LogP contribution in [0.3, 0.4) is 0 Å². The highest BCUT2D eigenvalue weighted by molar-refractivity contribution is 6.02. The topological polar surface area (TPSA) is 102 Å². The molecule has 7 heteroatoms. The summed E-state index contributed by atoms with van der Waals surface area (Å²) >= 11 is 0. The third-order valence-electron chi connectivity index (χ3n) is 4.97. The van der Waals surface area contributed by atoms with Crippen LogP contribution in [0.4, 0.5) is 0 Å². The number of aliphatic carboxylic acids is 1. The highest BCUT2D eigenvalue weighted by Crippen LogP contribution is 2.22. The van der Waals surface area contributed by atoms with Crippen LogP contribution in [0, 0.1) is 0 Å². The van der Waals surface area contributed by atoms with Crippen LogP contribution in [-0.2, 0) is 11.2 Å². The molecule has 7 nitrogen and oxygen atoms in total. The first-order valence-corrected chi connectivity index (χ1v) is 10.6. The highest BCUT2D eigenvalue weighted by atomic mass is 16.5. The van der Waals surface area contributed by atoms with Gasteiger partial charge in [0, 0.05) is 18.0 Å². The van der Waals surface area contributed by atoms with Gasteiger partial charge in [-0.15, -0.1) is 0 Å². The standard InChI is InChI=1S/C25H31NO6/c1-6-7-21(27)18-10-13-22(31-5)20(15-18)23(28)26-16(2)14-17-8-11-19(12-9-17)32-25(3,4)24(29)30/h8-13,15-16H,6-7,14H2,1-5H3,(H,26,28)(H,29,30). The van der Waals surface area contributed by atoms with Gasteiger partial charge in [-0.1, -0.05) is 19.1 Å². The molecule has 1 atom stereocenters. The summed E-state index contributed by atoms with van der Waals surface area (Å²) in [6, 6.07) is 11.8. The second-order valence-electron chi connectivity index (χ2n) is 8.23. The number of Topliss-reactive ketones (excluding diaryl/α,β-unsaturated/α-hetero) is 1. The minimum Gasteiger partial charge on any atom is -0.496 e. The summed E-state index contributed by atoms with van der Waals surface area (Å²) in [5, 5.41) is 12.1. The van der Waals surface area contributed by atoms with Crippen LogP contribution in [0.1, 0.15) is 66.8 Å². The predicted octanol–water partition coefficient (Wildman–Crippen LogP) is 4.28. The van der Waals surface area contributed by atoms with Gasteiger partial charge in [-0.25, -0.2) is 4.79 Å². The number of carbonyl (C=O) groups excluding carboxylic acids is 2. The molecule has 0 saturated carbocycles. The zero-order chi connectivity index (χ0) is 23.9. The van der Waals surface area contributed by atoms with E-state index in [9.17, 15) is 19.5 Å². The molecule has 32 heavy (non-hydrogen) atoms. The summed E-state index contributed by atoms with van der Waals surface area (Å²) in [4.78, 5) is 36.3. The molecule has 0 aromatic heterocycles. The number of ketones is 1. The van der Waals surface area contributed by atoms with Crippen molar-refractivity contribution in [2.75, 3.05) is 7.11 Å². The molecule has 172 valence electrons. The van der Waals surface area contributed by atoms with Crippen molar-refractivity contribution in [3.05, 3.63) is 59.2 Å². The molecular weight excluding hydrogens is 410 g/mol. The molecule has 0 fully saturated rings. The maximum Gasteiger partial charge on any atom is 0.347 e. The minimum absolute atomic E-state index is 0.00867. The Balaban J connectivity index is 2.06. The van der Waals surface area contributed by atoms with E-state index in [1.165, 1.54) is 21.0 Å². The fraction of sp³-hybridized carbons (Fsp3) is 0.400. The number of carboxylic acids is 1. The molecule has 0 aliphatic rings. The van der Waals surface area contributed by atoms with E-state index in [4.69, 9.17) is 9.47 Å². The van der Waals surface area contributed by atoms with Gasteiger partial charge in [-0.3, -0.25) is 9.59 Å². The van der Waals surface area contributed by atoms with Gasteiger partial charge in [0.2, 0.25) is 0 Å². The molecule has 0 aliphatic heterocycles. The van der Waals surface area contributed by atoms with Crippen molar-refractivity contribution < 1.29 is 29.0 Å². The first-order valence-electron chi connectivity index (χ1n) is 10.6. The van der Waals surface area contributed by atoms with Gasteiger partial charge in [0.15, 0.2) is 11.4 Å². The molecule has 0 spiro atoms.